The SMILES string of the molecule is Cc1nc2ccccc2n(CC(=O)Nc2ccccc2Br)c1=O. The Kier molecular flexibility index (Phi) is 4.25. The summed E-state index contributed by atoms with van der Waals surface area (Å²) in [5.41, 5.74) is 2.12. The van der Waals surface area contributed by atoms with Crippen molar-refractivity contribution in [3.63, 3.8) is 0 Å². The largest absolute Gasteiger partial charge is 0.324 e. The van der Waals surface area contributed by atoms with Crippen LogP contribution in [0.4, 0.5) is 5.69 Å². The monoisotopic (exact) mass is 371 g/mol. The molecule has 0 saturated heterocycles. The lowest BCUT2D eigenvalue weighted by Crippen LogP contribution is -2.30. The van der Waals surface area contributed by atoms with E-state index in [0.717, 1.165) is 4.47 Å². The second kappa shape index (κ2) is 6.34. The lowest BCUT2D eigenvalue weighted by atomic mass is 10.2. The van der Waals surface area contributed by atoms with Gasteiger partial charge < -0.3 is 5.32 Å². The molecule has 1 amide bonds. The smallest absolute Gasteiger partial charge is 0.272 e. The molecule has 23 heavy (non-hydrogen) atoms. The van der Waals surface area contributed by atoms with Gasteiger partial charge in [-0.15, -0.1) is 0 Å². The molecule has 0 fully saturated rings. The van der Waals surface area contributed by atoms with Crippen LogP contribution < -0.4 is 10.9 Å². The maximum atomic E-state index is 12.3. The van der Waals surface area contributed by atoms with Crippen LogP contribution in [0.2, 0.25) is 0 Å². The predicted molar refractivity (Wildman–Crippen MR) is 93.5 cm³/mol. The van der Waals surface area contributed by atoms with Crippen molar-refractivity contribution in [1.29, 1.82) is 0 Å². The molecule has 2 aromatic carbocycles. The number of hydrogen-bond donors (Lipinski definition) is 1. The highest BCUT2D eigenvalue weighted by atomic mass is 79.9. The van der Waals surface area contributed by atoms with Crippen molar-refractivity contribution in [3.05, 3.63) is 69.1 Å². The average molecular weight is 372 g/mol. The van der Waals surface area contributed by atoms with E-state index in [9.17, 15) is 9.59 Å². The third kappa shape index (κ3) is 3.17. The summed E-state index contributed by atoms with van der Waals surface area (Å²) in [5.74, 6) is -0.269. The zero-order chi connectivity index (χ0) is 16.4. The number of amides is 1. The molecule has 1 N–H and O–H groups in total. The normalized spacial score (nSPS) is 10.7. The fourth-order valence-corrected chi connectivity index (χ4v) is 2.76. The molecule has 0 saturated carbocycles. The Labute approximate surface area is 141 Å². The summed E-state index contributed by atoms with van der Waals surface area (Å²) in [6, 6.07) is 14.6. The van der Waals surface area contributed by atoms with Crippen molar-refractivity contribution >= 4 is 38.6 Å². The lowest BCUT2D eigenvalue weighted by molar-refractivity contribution is -0.116. The van der Waals surface area contributed by atoms with Crippen molar-refractivity contribution in [2.24, 2.45) is 0 Å². The molecular formula is C17H14BrN3O2. The lowest BCUT2D eigenvalue weighted by Gasteiger charge is -2.12. The van der Waals surface area contributed by atoms with Gasteiger partial charge in [0.15, 0.2) is 0 Å². The Balaban J connectivity index is 1.95. The van der Waals surface area contributed by atoms with Gasteiger partial charge in [0.1, 0.15) is 12.2 Å². The molecule has 0 aliphatic heterocycles. The van der Waals surface area contributed by atoms with Crippen LogP contribution in [-0.2, 0) is 11.3 Å². The fraction of sp³-hybridized carbons (Fsp3) is 0.118. The highest BCUT2D eigenvalue weighted by Crippen LogP contribution is 2.21. The van der Waals surface area contributed by atoms with Crippen LogP contribution in [0.5, 0.6) is 0 Å². The van der Waals surface area contributed by atoms with Gasteiger partial charge in [-0.3, -0.25) is 14.2 Å². The molecule has 0 bridgehead atoms. The van der Waals surface area contributed by atoms with Crippen LogP contribution in [-0.4, -0.2) is 15.5 Å². The molecule has 1 heterocycles. The van der Waals surface area contributed by atoms with Crippen LogP contribution in [0.1, 0.15) is 5.69 Å². The maximum Gasteiger partial charge on any atom is 0.272 e. The van der Waals surface area contributed by atoms with E-state index in [1.54, 1.807) is 19.1 Å². The van der Waals surface area contributed by atoms with Crippen LogP contribution in [0.15, 0.2) is 57.8 Å². The van der Waals surface area contributed by atoms with Crippen LogP contribution >= 0.6 is 15.9 Å². The van der Waals surface area contributed by atoms with Gasteiger partial charge in [0.2, 0.25) is 5.91 Å². The van der Waals surface area contributed by atoms with Gasteiger partial charge in [0, 0.05) is 4.47 Å². The van der Waals surface area contributed by atoms with E-state index in [1.165, 1.54) is 4.57 Å². The van der Waals surface area contributed by atoms with Crippen LogP contribution in [0, 0.1) is 6.92 Å². The first-order valence-corrected chi connectivity index (χ1v) is 7.86. The number of halogens is 1. The summed E-state index contributed by atoms with van der Waals surface area (Å²) in [7, 11) is 0. The molecule has 0 aliphatic rings. The van der Waals surface area contributed by atoms with Crippen molar-refractivity contribution in [3.8, 4) is 0 Å². The molecule has 1 aromatic heterocycles. The minimum Gasteiger partial charge on any atom is -0.324 e. The van der Waals surface area contributed by atoms with Gasteiger partial charge in [-0.05, 0) is 47.1 Å². The van der Waals surface area contributed by atoms with Crippen molar-refractivity contribution in [2.45, 2.75) is 13.5 Å². The molecule has 116 valence electrons. The van der Waals surface area contributed by atoms with Gasteiger partial charge >= 0.3 is 0 Å². The van der Waals surface area contributed by atoms with Gasteiger partial charge in [0.05, 0.1) is 16.7 Å². The number of benzene rings is 2. The van der Waals surface area contributed by atoms with Gasteiger partial charge in [-0.25, -0.2) is 4.98 Å². The van der Waals surface area contributed by atoms with Crippen LogP contribution in [0.3, 0.4) is 0 Å². The maximum absolute atomic E-state index is 12.3. The Bertz CT molecular complexity index is 950. The van der Waals surface area contributed by atoms with Crippen molar-refractivity contribution in [2.75, 3.05) is 5.32 Å². The number of nitrogens with zero attached hydrogens (tertiary/aromatic N) is 2. The van der Waals surface area contributed by atoms with E-state index in [0.29, 0.717) is 22.4 Å². The quantitative estimate of drug-likeness (QED) is 0.769. The van der Waals surface area contributed by atoms with Crippen molar-refractivity contribution in [1.82, 2.24) is 9.55 Å². The van der Waals surface area contributed by atoms with Gasteiger partial charge in [-0.1, -0.05) is 24.3 Å². The third-order valence-corrected chi connectivity index (χ3v) is 4.16. The number of nitrogens with one attached hydrogen (secondary N) is 1. The number of anilines is 1. The summed E-state index contributed by atoms with van der Waals surface area (Å²) in [5, 5.41) is 2.80. The number of fused-ring (bicyclic) bond motifs is 1. The highest BCUT2D eigenvalue weighted by Gasteiger charge is 2.12. The van der Waals surface area contributed by atoms with Crippen molar-refractivity contribution < 1.29 is 4.79 Å². The van der Waals surface area contributed by atoms with E-state index < -0.39 is 0 Å². The predicted octanol–water partition coefficient (Wildman–Crippen LogP) is 3.11. The van der Waals surface area contributed by atoms with Crippen LogP contribution in [0.25, 0.3) is 11.0 Å². The first-order valence-electron chi connectivity index (χ1n) is 7.07. The van der Waals surface area contributed by atoms with E-state index in [1.807, 2.05) is 36.4 Å². The third-order valence-electron chi connectivity index (χ3n) is 3.47. The Morgan fingerprint density at radius 2 is 1.87 bits per heavy atom. The molecule has 0 spiro atoms. The van der Waals surface area contributed by atoms with Gasteiger partial charge in [0.25, 0.3) is 5.56 Å². The first kappa shape index (κ1) is 15.4. The topological polar surface area (TPSA) is 64.0 Å². The summed E-state index contributed by atoms with van der Waals surface area (Å²) in [6.45, 7) is 1.58. The molecule has 0 unspecified atom stereocenters. The molecular weight excluding hydrogens is 358 g/mol. The minimum absolute atomic E-state index is 0.0654. The first-order chi connectivity index (χ1) is 11.1. The number of carbonyl (C=O) groups is 1. The van der Waals surface area contributed by atoms with Gasteiger partial charge in [-0.2, -0.15) is 0 Å². The molecule has 5 nitrogen and oxygen atoms in total. The molecule has 0 aliphatic carbocycles. The second-order valence-electron chi connectivity index (χ2n) is 5.11. The molecule has 3 aromatic rings. The fourth-order valence-electron chi connectivity index (χ4n) is 2.37. The van der Waals surface area contributed by atoms with E-state index in [2.05, 4.69) is 26.2 Å². The summed E-state index contributed by atoms with van der Waals surface area (Å²) < 4.78 is 2.24. The van der Waals surface area contributed by atoms with E-state index in [4.69, 9.17) is 0 Å². The molecule has 3 rings (SSSR count). The zero-order valence-electron chi connectivity index (χ0n) is 12.4. The summed E-state index contributed by atoms with van der Waals surface area (Å²) in [4.78, 5) is 28.9. The number of carbonyl (C=O) groups excluding carboxylic acids is 1. The highest BCUT2D eigenvalue weighted by molar-refractivity contribution is 9.10. The molecule has 6 heteroatoms. The number of rotatable bonds is 3. The number of aromatic nitrogens is 2. The Morgan fingerprint density at radius 3 is 2.65 bits per heavy atom. The average Bonchev–Trinajstić information content (AvgIpc) is 2.54. The number of para-hydroxylation sites is 3. The Hall–Kier alpha value is -2.47. The zero-order valence-corrected chi connectivity index (χ0v) is 14.0. The van der Waals surface area contributed by atoms with E-state index in [-0.39, 0.29) is 18.0 Å². The van der Waals surface area contributed by atoms with E-state index >= 15 is 0 Å². The summed E-state index contributed by atoms with van der Waals surface area (Å²) >= 11 is 3.38. The Morgan fingerprint density at radius 1 is 1.17 bits per heavy atom. The second-order valence-corrected chi connectivity index (χ2v) is 5.96. The molecule has 0 atom stereocenters. The summed E-state index contributed by atoms with van der Waals surface area (Å²) in [6.07, 6.45) is 0. The number of aryl methyl sites for hydroxylation is 1. The number of hydrogen-bond acceptors (Lipinski definition) is 3. The standard InChI is InChI=1S/C17H14BrN3O2/c1-11-17(23)21(15-9-5-4-8-14(15)19-11)10-16(22)20-13-7-3-2-6-12(13)18/h2-9H,10H2,1H3,(H,20,22). The minimum atomic E-state index is -0.269. The molecule has 0 radical (unpaired) electrons.